The van der Waals surface area contributed by atoms with E-state index in [1.807, 2.05) is 6.21 Å². The smallest absolute Gasteiger partial charge is 0.139 e. The average Bonchev–Trinajstić information content (AvgIpc) is 1.75. The lowest BCUT2D eigenvalue weighted by molar-refractivity contribution is 1.50. The molecule has 1 rings (SSSR count). The summed E-state index contributed by atoms with van der Waals surface area (Å²) in [5.41, 5.74) is 0. The summed E-state index contributed by atoms with van der Waals surface area (Å²) in [4.78, 5) is 4.09. The van der Waals surface area contributed by atoms with Crippen LogP contribution in [0.25, 0.3) is 0 Å². The zero-order chi connectivity index (χ0) is 2.99. The number of aliphatic imine (C=N–C) groups is 1. The Morgan fingerprint density at radius 2 is 2.25 bits per heavy atom. The van der Waals surface area contributed by atoms with E-state index in [0.29, 0.717) is 4.95 Å². The fraction of sp³-hybridized carbons (Fsp3) is 0.500. The van der Waals surface area contributed by atoms with Gasteiger partial charge >= 0.3 is 0 Å². The second kappa shape index (κ2) is 0.549. The van der Waals surface area contributed by atoms with Crippen LogP contribution in [0.2, 0.25) is 0 Å². The highest BCUT2D eigenvalue weighted by Crippen LogP contribution is 2.06. The molecule has 0 saturated carbocycles. The second-order valence-electron chi connectivity index (χ2n) is 0.671. The Balaban J connectivity index is 2.32. The highest BCUT2D eigenvalue weighted by Gasteiger charge is 2.02. The largest absolute Gasteiger partial charge is 0.274 e. The van der Waals surface area contributed by atoms with Crippen molar-refractivity contribution in [3.63, 3.8) is 0 Å². The average molecular weight is 120 g/mol. The minimum absolute atomic E-state index is 0.396. The molecule has 2 heteroatoms. The normalized spacial score (nSPS) is 35.8. The molecule has 0 aromatic carbocycles. The summed E-state index contributed by atoms with van der Waals surface area (Å²) in [6.45, 7) is 0. The van der Waals surface area contributed by atoms with Crippen LogP contribution in [-0.2, 0) is 0 Å². The summed E-state index contributed by atoms with van der Waals surface area (Å²) in [6, 6.07) is 0. The lowest BCUT2D eigenvalue weighted by Crippen LogP contribution is -1.55. The Kier molecular flexibility index (Phi) is 0.328. The minimum atomic E-state index is 0.396. The van der Waals surface area contributed by atoms with E-state index in [2.05, 4.69) is 20.9 Å². The Bertz CT molecular complexity index is 44.0. The van der Waals surface area contributed by atoms with Gasteiger partial charge in [0.15, 0.2) is 0 Å². The van der Waals surface area contributed by atoms with Crippen LogP contribution < -0.4 is 0 Å². The van der Waals surface area contributed by atoms with Crippen molar-refractivity contribution in [1.82, 2.24) is 0 Å². The molecule has 0 aromatic rings. The van der Waals surface area contributed by atoms with E-state index in [1.54, 1.807) is 0 Å². The van der Waals surface area contributed by atoms with Gasteiger partial charge in [0, 0.05) is 6.21 Å². The van der Waals surface area contributed by atoms with Gasteiger partial charge in [-0.05, 0) is 0 Å². The molecule has 1 unspecified atom stereocenters. The van der Waals surface area contributed by atoms with Gasteiger partial charge in [0.2, 0.25) is 0 Å². The van der Waals surface area contributed by atoms with E-state index in [1.165, 1.54) is 0 Å². The number of nitrogens with zero attached hydrogens (tertiary/aromatic N) is 1. The highest BCUT2D eigenvalue weighted by molar-refractivity contribution is 9.10. The van der Waals surface area contributed by atoms with Gasteiger partial charge in [0.25, 0.3) is 0 Å². The van der Waals surface area contributed by atoms with Crippen LogP contribution in [0.5, 0.6) is 0 Å². The third-order valence-electron chi connectivity index (χ3n) is 0.262. The molecule has 1 aliphatic heterocycles. The first-order valence-electron chi connectivity index (χ1n) is 1.07. The first kappa shape index (κ1) is 2.39. The van der Waals surface area contributed by atoms with E-state index in [-0.39, 0.29) is 0 Å². The number of hydrogen-bond donors (Lipinski definition) is 0. The van der Waals surface area contributed by atoms with Gasteiger partial charge in [-0.2, -0.15) is 0 Å². The van der Waals surface area contributed by atoms with Crippen LogP contribution >= 0.6 is 15.9 Å². The van der Waals surface area contributed by atoms with Crippen molar-refractivity contribution in [3.05, 3.63) is 0 Å². The third kappa shape index (κ3) is 0.287. The monoisotopic (exact) mass is 119 g/mol. The van der Waals surface area contributed by atoms with Crippen molar-refractivity contribution in [2.24, 2.45) is 4.99 Å². The topological polar surface area (TPSA) is 12.4 Å². The van der Waals surface area contributed by atoms with Crippen molar-refractivity contribution < 1.29 is 0 Å². The highest BCUT2D eigenvalue weighted by atomic mass is 79.9. The number of halogens is 1. The molecule has 1 heterocycles. The number of hydrogen-bond acceptors (Lipinski definition) is 1. The molecule has 0 fully saturated rings. The van der Waals surface area contributed by atoms with Crippen LogP contribution in [0.4, 0.5) is 0 Å². The summed E-state index contributed by atoms with van der Waals surface area (Å²) in [5.74, 6) is 0. The van der Waals surface area contributed by atoms with Gasteiger partial charge in [0.05, 0.1) is 0 Å². The Morgan fingerprint density at radius 3 is 2.25 bits per heavy atom. The molecule has 0 bridgehead atoms. The zero-order valence-electron chi connectivity index (χ0n) is 1.98. The van der Waals surface area contributed by atoms with E-state index in [4.69, 9.17) is 0 Å². The predicted octanol–water partition coefficient (Wildman–Crippen LogP) is 0.792. The van der Waals surface area contributed by atoms with E-state index < -0.39 is 0 Å². The van der Waals surface area contributed by atoms with Gasteiger partial charge in [-0.15, -0.1) is 0 Å². The summed E-state index contributed by atoms with van der Waals surface area (Å²) in [5, 5.41) is 0. The van der Waals surface area contributed by atoms with Crippen LogP contribution in [0.3, 0.4) is 0 Å². The second-order valence-corrected chi connectivity index (χ2v) is 1.61. The van der Waals surface area contributed by atoms with Crippen LogP contribution in [0.1, 0.15) is 0 Å². The molecule has 0 saturated heterocycles. The molecule has 0 radical (unpaired) electrons. The molecular formula is C2H2BrN. The molecule has 0 spiro atoms. The van der Waals surface area contributed by atoms with Crippen molar-refractivity contribution in [2.45, 2.75) is 4.95 Å². The fourth-order valence-corrected chi connectivity index (χ4v) is 0.169. The van der Waals surface area contributed by atoms with Crippen LogP contribution in [0, 0.1) is 0 Å². The van der Waals surface area contributed by atoms with Crippen LogP contribution in [0.15, 0.2) is 4.99 Å². The van der Waals surface area contributed by atoms with Gasteiger partial charge in [-0.3, -0.25) is 4.99 Å². The van der Waals surface area contributed by atoms with Gasteiger partial charge in [-0.25, -0.2) is 0 Å². The molecular weight excluding hydrogens is 118 g/mol. The van der Waals surface area contributed by atoms with E-state index >= 15 is 0 Å². The Morgan fingerprint density at radius 1 is 2.00 bits per heavy atom. The molecule has 1 nitrogen and oxygen atoms in total. The quantitative estimate of drug-likeness (QED) is 0.331. The Hall–Kier alpha value is 0.150. The predicted molar refractivity (Wildman–Crippen MR) is 21.2 cm³/mol. The molecule has 1 atom stereocenters. The summed E-state index contributed by atoms with van der Waals surface area (Å²) >= 11 is 3.16. The fourth-order valence-electron chi connectivity index (χ4n) is 0.0325. The van der Waals surface area contributed by atoms with E-state index in [9.17, 15) is 0 Å². The molecule has 0 N–H and O–H groups in total. The SMILES string of the molecule is BrC1C=N1. The molecule has 22 valence electrons. The maximum Gasteiger partial charge on any atom is 0.139 e. The number of alkyl halides is 1. The third-order valence-corrected chi connectivity index (χ3v) is 0.735. The van der Waals surface area contributed by atoms with Crippen LogP contribution in [-0.4, -0.2) is 11.2 Å². The van der Waals surface area contributed by atoms with Gasteiger partial charge in [0.1, 0.15) is 4.95 Å². The summed E-state index contributed by atoms with van der Waals surface area (Å²) < 4.78 is 0. The molecule has 0 aliphatic carbocycles. The van der Waals surface area contributed by atoms with Crippen molar-refractivity contribution in [3.8, 4) is 0 Å². The van der Waals surface area contributed by atoms with E-state index in [0.717, 1.165) is 0 Å². The molecule has 4 heavy (non-hydrogen) atoms. The lowest BCUT2D eigenvalue weighted by atomic mass is 11.0. The summed E-state index contributed by atoms with van der Waals surface area (Å²) in [7, 11) is 0. The van der Waals surface area contributed by atoms with Crippen molar-refractivity contribution in [2.75, 3.05) is 0 Å². The maximum atomic E-state index is 3.69. The summed E-state index contributed by atoms with van der Waals surface area (Å²) in [6.07, 6.45) is 1.83. The van der Waals surface area contributed by atoms with Gasteiger partial charge in [-0.1, -0.05) is 15.9 Å². The lowest BCUT2D eigenvalue weighted by Gasteiger charge is -1.51. The first-order chi connectivity index (χ1) is 1.89. The first-order valence-corrected chi connectivity index (χ1v) is 1.98. The van der Waals surface area contributed by atoms with Gasteiger partial charge < -0.3 is 0 Å². The zero-order valence-corrected chi connectivity index (χ0v) is 3.57. The van der Waals surface area contributed by atoms with Crippen molar-refractivity contribution >= 4 is 22.1 Å². The maximum absolute atomic E-state index is 3.69. The molecule has 1 aliphatic rings. The minimum Gasteiger partial charge on any atom is -0.274 e. The molecule has 0 aromatic heterocycles. The number of rotatable bonds is 0. The molecule has 0 amide bonds. The Labute approximate surface area is 32.9 Å². The van der Waals surface area contributed by atoms with Crippen molar-refractivity contribution in [1.29, 1.82) is 0 Å². The standard InChI is InChI=1S/C2H2BrN/c3-2-1-4-2/h1-2H.